The molecule has 1 saturated carbocycles. The summed E-state index contributed by atoms with van der Waals surface area (Å²) < 4.78 is 6.32. The second-order valence-electron chi connectivity index (χ2n) is 9.05. The number of hydrogen-bond donors (Lipinski definition) is 0. The minimum absolute atomic E-state index is 0.229. The summed E-state index contributed by atoms with van der Waals surface area (Å²) in [6.45, 7) is 18.7. The summed E-state index contributed by atoms with van der Waals surface area (Å²) in [5.41, 5.74) is 3.31. The van der Waals surface area contributed by atoms with Crippen molar-refractivity contribution < 1.29 is 4.43 Å². The van der Waals surface area contributed by atoms with Gasteiger partial charge in [0.05, 0.1) is 18.0 Å². The van der Waals surface area contributed by atoms with E-state index in [1.54, 1.807) is 0 Å². The molecule has 3 heteroatoms. The zero-order chi connectivity index (χ0) is 18.0. The smallest absolute Gasteiger partial charge is 0.192 e. The molecule has 0 radical (unpaired) electrons. The van der Waals surface area contributed by atoms with Gasteiger partial charge in [-0.2, -0.15) is 0 Å². The Morgan fingerprint density at radius 2 is 1.83 bits per heavy atom. The molecule has 0 amide bonds. The number of pyridine rings is 1. The normalized spacial score (nSPS) is 22.4. The van der Waals surface area contributed by atoms with Crippen molar-refractivity contribution in [2.45, 2.75) is 78.1 Å². The Morgan fingerprint density at radius 3 is 2.42 bits per heavy atom. The van der Waals surface area contributed by atoms with Gasteiger partial charge in [0, 0.05) is 0 Å². The minimum atomic E-state index is -1.73. The first-order valence-electron chi connectivity index (χ1n) is 9.39. The Kier molecular flexibility index (Phi) is 6.08. The number of rotatable bonds is 5. The molecule has 1 fully saturated rings. The van der Waals surface area contributed by atoms with Gasteiger partial charge in [0.2, 0.25) is 0 Å². The maximum Gasteiger partial charge on any atom is 0.192 e. The fraction of sp³-hybridized carbons (Fsp3) is 0.667. The summed E-state index contributed by atoms with van der Waals surface area (Å²) in [6.07, 6.45) is 5.15. The van der Waals surface area contributed by atoms with Gasteiger partial charge in [0.1, 0.15) is 0 Å². The summed E-state index contributed by atoms with van der Waals surface area (Å²) in [4.78, 5) is 4.85. The molecule has 24 heavy (non-hydrogen) atoms. The van der Waals surface area contributed by atoms with Gasteiger partial charge in [-0.05, 0) is 60.5 Å². The molecule has 0 spiro atoms. The Balaban J connectivity index is 2.02. The lowest BCUT2D eigenvalue weighted by molar-refractivity contribution is 0.272. The first-order chi connectivity index (χ1) is 11.1. The second-order valence-corrected chi connectivity index (χ2v) is 13.9. The van der Waals surface area contributed by atoms with Crippen LogP contribution in [0.2, 0.25) is 18.1 Å². The number of allylic oxidation sites excluding steroid dienone is 1. The number of aromatic nitrogens is 1. The largest absolute Gasteiger partial charge is 0.411 e. The Labute approximate surface area is 149 Å². The highest BCUT2D eigenvalue weighted by atomic mass is 28.4. The lowest BCUT2D eigenvalue weighted by atomic mass is 9.79. The van der Waals surface area contributed by atoms with E-state index in [1.807, 2.05) is 0 Å². The highest BCUT2D eigenvalue weighted by molar-refractivity contribution is 6.74. The quantitative estimate of drug-likeness (QED) is 0.573. The molecule has 0 saturated heterocycles. The Morgan fingerprint density at radius 1 is 1.21 bits per heavy atom. The monoisotopic (exact) mass is 345 g/mol. The van der Waals surface area contributed by atoms with Crippen LogP contribution in [0.25, 0.3) is 5.57 Å². The average molecular weight is 346 g/mol. The third-order valence-corrected chi connectivity index (χ3v) is 10.5. The van der Waals surface area contributed by atoms with E-state index in [-0.39, 0.29) is 5.04 Å². The lowest BCUT2D eigenvalue weighted by Crippen LogP contribution is -2.40. The van der Waals surface area contributed by atoms with Crippen molar-refractivity contribution in [3.05, 3.63) is 36.2 Å². The Bertz CT molecular complexity index is 565. The van der Waals surface area contributed by atoms with Crippen molar-refractivity contribution in [1.82, 2.24) is 4.98 Å². The van der Waals surface area contributed by atoms with Crippen LogP contribution >= 0.6 is 0 Å². The van der Waals surface area contributed by atoms with E-state index in [0.717, 1.165) is 17.3 Å². The maximum atomic E-state index is 6.32. The van der Waals surface area contributed by atoms with Gasteiger partial charge in [-0.15, -0.1) is 0 Å². The van der Waals surface area contributed by atoms with Crippen LogP contribution in [-0.4, -0.2) is 13.3 Å². The molecule has 1 aliphatic carbocycles. The van der Waals surface area contributed by atoms with Gasteiger partial charge in [-0.1, -0.05) is 53.2 Å². The molecule has 1 aromatic rings. The van der Waals surface area contributed by atoms with Crippen LogP contribution in [0.3, 0.4) is 0 Å². The molecular formula is C21H35NOSi. The van der Waals surface area contributed by atoms with Crippen molar-refractivity contribution >= 4 is 13.9 Å². The highest BCUT2D eigenvalue weighted by Gasteiger charge is 2.37. The van der Waals surface area contributed by atoms with E-state index in [2.05, 4.69) is 65.6 Å². The molecule has 0 aromatic carbocycles. The molecule has 1 aromatic heterocycles. The van der Waals surface area contributed by atoms with Crippen LogP contribution in [0.15, 0.2) is 24.8 Å². The summed E-state index contributed by atoms with van der Waals surface area (Å²) in [7, 11) is -1.73. The molecule has 1 aliphatic rings. The fourth-order valence-electron chi connectivity index (χ4n) is 3.03. The standard InChI is InChI=1S/C21H35NOSi/c1-16-11-13-18(14-12-16)17(2)20-10-8-9-19(22-20)15-23-24(6,7)21(3,4)5/h8-10,16,18H,2,11-15H2,1,3-7H3. The summed E-state index contributed by atoms with van der Waals surface area (Å²) in [6, 6.07) is 6.28. The number of hydrogen-bond acceptors (Lipinski definition) is 2. The van der Waals surface area contributed by atoms with E-state index in [4.69, 9.17) is 9.41 Å². The van der Waals surface area contributed by atoms with Crippen molar-refractivity contribution in [1.29, 1.82) is 0 Å². The van der Waals surface area contributed by atoms with E-state index in [9.17, 15) is 0 Å². The molecular weight excluding hydrogens is 310 g/mol. The number of nitrogens with zero attached hydrogens (tertiary/aromatic N) is 1. The van der Waals surface area contributed by atoms with Crippen molar-refractivity contribution in [3.63, 3.8) is 0 Å². The predicted octanol–water partition coefficient (Wildman–Crippen LogP) is 6.44. The van der Waals surface area contributed by atoms with E-state index < -0.39 is 8.32 Å². The van der Waals surface area contributed by atoms with Crippen LogP contribution in [0.5, 0.6) is 0 Å². The summed E-state index contributed by atoms with van der Waals surface area (Å²) in [5, 5.41) is 0.229. The van der Waals surface area contributed by atoms with Crippen molar-refractivity contribution in [2.24, 2.45) is 11.8 Å². The molecule has 1 heterocycles. The van der Waals surface area contributed by atoms with Crippen molar-refractivity contribution in [3.8, 4) is 0 Å². The minimum Gasteiger partial charge on any atom is -0.411 e. The van der Waals surface area contributed by atoms with Gasteiger partial charge in [0.15, 0.2) is 8.32 Å². The first-order valence-corrected chi connectivity index (χ1v) is 12.3. The zero-order valence-corrected chi connectivity index (χ0v) is 17.5. The second kappa shape index (κ2) is 7.53. The first kappa shape index (κ1) is 19.4. The maximum absolute atomic E-state index is 6.32. The van der Waals surface area contributed by atoms with Crippen LogP contribution in [-0.2, 0) is 11.0 Å². The molecule has 2 nitrogen and oxygen atoms in total. The molecule has 134 valence electrons. The Hall–Kier alpha value is -0.933. The van der Waals surface area contributed by atoms with Gasteiger partial charge in [-0.3, -0.25) is 4.98 Å². The summed E-state index contributed by atoms with van der Waals surface area (Å²) in [5.74, 6) is 1.47. The average Bonchev–Trinajstić information content (AvgIpc) is 2.52. The molecule has 2 rings (SSSR count). The van der Waals surface area contributed by atoms with Crippen LogP contribution < -0.4 is 0 Å². The van der Waals surface area contributed by atoms with Gasteiger partial charge in [0.25, 0.3) is 0 Å². The van der Waals surface area contributed by atoms with Gasteiger partial charge in [-0.25, -0.2) is 0 Å². The third kappa shape index (κ3) is 4.79. The van der Waals surface area contributed by atoms with Crippen LogP contribution in [0, 0.1) is 11.8 Å². The molecule has 0 bridgehead atoms. The van der Waals surface area contributed by atoms with Gasteiger partial charge >= 0.3 is 0 Å². The zero-order valence-electron chi connectivity index (χ0n) is 16.5. The van der Waals surface area contributed by atoms with Crippen LogP contribution in [0.4, 0.5) is 0 Å². The molecule has 0 unspecified atom stereocenters. The van der Waals surface area contributed by atoms with Crippen LogP contribution in [0.1, 0.15) is 64.8 Å². The topological polar surface area (TPSA) is 22.1 Å². The fourth-order valence-corrected chi connectivity index (χ4v) is 3.97. The van der Waals surface area contributed by atoms with Gasteiger partial charge < -0.3 is 4.43 Å². The molecule has 0 aliphatic heterocycles. The summed E-state index contributed by atoms with van der Waals surface area (Å²) >= 11 is 0. The molecule has 0 atom stereocenters. The van der Waals surface area contributed by atoms with E-state index >= 15 is 0 Å². The SMILES string of the molecule is C=C(c1cccc(CO[Si](C)(C)C(C)(C)C)n1)C1CCC(C)CC1. The van der Waals surface area contributed by atoms with E-state index in [0.29, 0.717) is 12.5 Å². The lowest BCUT2D eigenvalue weighted by Gasteiger charge is -2.36. The highest BCUT2D eigenvalue weighted by Crippen LogP contribution is 2.38. The van der Waals surface area contributed by atoms with E-state index in [1.165, 1.54) is 31.3 Å². The molecule has 0 N–H and O–H groups in total. The third-order valence-electron chi connectivity index (χ3n) is 6.03. The predicted molar refractivity (Wildman–Crippen MR) is 106 cm³/mol. The van der Waals surface area contributed by atoms with Crippen molar-refractivity contribution in [2.75, 3.05) is 0 Å².